The minimum absolute atomic E-state index is 0.150. The number of ether oxygens (including phenoxy) is 6. The van der Waals surface area contributed by atoms with Crippen LogP contribution >= 0.6 is 0 Å². The van der Waals surface area contributed by atoms with Crippen molar-refractivity contribution >= 4 is 18.1 Å². The van der Waals surface area contributed by atoms with Gasteiger partial charge >= 0.3 is 18.1 Å². The van der Waals surface area contributed by atoms with E-state index in [1.54, 1.807) is 32.2 Å². The monoisotopic (exact) mass is 662 g/mol. The smallest absolute Gasteiger partial charge is 0.456 e. The Morgan fingerprint density at radius 3 is 2.55 bits per heavy atom. The lowest BCUT2D eigenvalue weighted by Gasteiger charge is -2.41. The van der Waals surface area contributed by atoms with Gasteiger partial charge in [-0.05, 0) is 58.2 Å². The summed E-state index contributed by atoms with van der Waals surface area (Å²) in [6.07, 6.45) is 2.50. The van der Waals surface area contributed by atoms with Gasteiger partial charge in [0.2, 0.25) is 0 Å². The Labute approximate surface area is 275 Å². The second kappa shape index (κ2) is 14.9. The maximum atomic E-state index is 13.5. The molecule has 2 bridgehead atoms. The highest BCUT2D eigenvalue weighted by Gasteiger charge is 2.57. The number of methoxy groups -OCH3 is 1. The van der Waals surface area contributed by atoms with Gasteiger partial charge in [-0.1, -0.05) is 32.1 Å². The third-order valence-electron chi connectivity index (χ3n) is 9.75. The van der Waals surface area contributed by atoms with Crippen LogP contribution < -0.4 is 5.73 Å². The predicted octanol–water partition coefficient (Wildman–Crippen LogP) is 3.05. The van der Waals surface area contributed by atoms with Crippen LogP contribution in [0.4, 0.5) is 4.79 Å². The molecule has 1 saturated heterocycles. The molecule has 47 heavy (non-hydrogen) atoms. The summed E-state index contributed by atoms with van der Waals surface area (Å²) >= 11 is 0. The first-order chi connectivity index (χ1) is 22.1. The highest BCUT2D eigenvalue weighted by molar-refractivity contribution is 5.87. The molecule has 0 radical (unpaired) electrons. The van der Waals surface area contributed by atoms with Crippen LogP contribution in [0.25, 0.3) is 0 Å². The van der Waals surface area contributed by atoms with E-state index >= 15 is 0 Å². The van der Waals surface area contributed by atoms with Crippen molar-refractivity contribution in [1.82, 2.24) is 4.98 Å². The molecule has 1 aromatic heterocycles. The fourth-order valence-corrected chi connectivity index (χ4v) is 6.72. The molecule has 0 saturated carbocycles. The molecule has 1 unspecified atom stereocenters. The molecule has 12 atom stereocenters. The van der Waals surface area contributed by atoms with Crippen molar-refractivity contribution in [3.05, 3.63) is 47.8 Å². The number of hydrogen-bond acceptors (Lipinski definition) is 12. The summed E-state index contributed by atoms with van der Waals surface area (Å²) in [4.78, 5) is 42.0. The van der Waals surface area contributed by atoms with Gasteiger partial charge in [0, 0.05) is 37.0 Å². The van der Waals surface area contributed by atoms with Gasteiger partial charge in [-0.3, -0.25) is 0 Å². The van der Waals surface area contributed by atoms with Crippen LogP contribution in [0.2, 0.25) is 0 Å². The summed E-state index contributed by atoms with van der Waals surface area (Å²) in [6.45, 7) is 9.75. The van der Waals surface area contributed by atoms with Crippen molar-refractivity contribution in [3.8, 4) is 0 Å². The first-order valence-electron chi connectivity index (χ1n) is 16.2. The third-order valence-corrected chi connectivity index (χ3v) is 9.75. The highest BCUT2D eigenvalue weighted by atomic mass is 16.7. The molecule has 0 aromatic carbocycles. The molecule has 1 aliphatic carbocycles. The number of cyclic esters (lactones) is 1. The summed E-state index contributed by atoms with van der Waals surface area (Å²) in [7, 11) is 1.43. The topological polar surface area (TPSA) is 189 Å². The first-order valence-corrected chi connectivity index (χ1v) is 16.2. The van der Waals surface area contributed by atoms with Gasteiger partial charge in [-0.25, -0.2) is 14.4 Å². The summed E-state index contributed by atoms with van der Waals surface area (Å²) in [6, 6.07) is 3.33. The molecule has 1 spiro atoms. The van der Waals surface area contributed by atoms with E-state index in [2.05, 4.69) is 4.98 Å². The van der Waals surface area contributed by atoms with E-state index in [0.29, 0.717) is 12.1 Å². The number of hydrogen-bond donors (Lipinski definition) is 4. The Hall–Kier alpha value is -3.23. The molecule has 2 aliphatic heterocycles. The van der Waals surface area contributed by atoms with Crippen molar-refractivity contribution in [1.29, 1.82) is 0 Å². The molecule has 1 aromatic rings. The Balaban J connectivity index is 1.65. The first kappa shape index (κ1) is 36.6. The normalized spacial score (nSPS) is 33.9. The number of aromatic amines is 1. The Bertz CT molecular complexity index is 1310. The second-order valence-electron chi connectivity index (χ2n) is 13.6. The number of rotatable bonds is 11. The molecular formula is C34H50N2O11. The molecule has 4 rings (SSSR count). The van der Waals surface area contributed by atoms with E-state index in [-0.39, 0.29) is 24.9 Å². The van der Waals surface area contributed by atoms with Crippen molar-refractivity contribution in [2.24, 2.45) is 29.4 Å². The average molecular weight is 663 g/mol. The summed E-state index contributed by atoms with van der Waals surface area (Å²) in [5, 5.41) is 20.0. The summed E-state index contributed by atoms with van der Waals surface area (Å²) in [5.74, 6) is -2.51. The number of nitrogens with one attached hydrogen (secondary N) is 1. The number of nitrogens with two attached hydrogens (primary N) is 1. The number of H-pyrrole nitrogens is 1. The molecule has 5 N–H and O–H groups in total. The van der Waals surface area contributed by atoms with Gasteiger partial charge in [-0.2, -0.15) is 0 Å². The van der Waals surface area contributed by atoms with Crippen molar-refractivity contribution < 1.29 is 53.0 Å². The lowest BCUT2D eigenvalue weighted by molar-refractivity contribution is -0.173. The van der Waals surface area contributed by atoms with Crippen molar-refractivity contribution in [2.45, 2.75) is 102 Å². The molecule has 0 amide bonds. The minimum Gasteiger partial charge on any atom is -0.456 e. The zero-order chi connectivity index (χ0) is 34.7. The van der Waals surface area contributed by atoms with Gasteiger partial charge in [0.05, 0.1) is 23.9 Å². The van der Waals surface area contributed by atoms with Crippen molar-refractivity contribution in [2.75, 3.05) is 20.3 Å². The van der Waals surface area contributed by atoms with Crippen LogP contribution in [-0.2, 0) is 33.2 Å². The molecule has 1 fully saturated rings. The average Bonchev–Trinajstić information content (AvgIpc) is 3.68. The lowest BCUT2D eigenvalue weighted by atomic mass is 9.69. The van der Waals surface area contributed by atoms with E-state index in [1.807, 2.05) is 39.0 Å². The molecule has 3 aliphatic rings. The fraction of sp³-hybridized carbons (Fsp3) is 0.676. The van der Waals surface area contributed by atoms with Crippen LogP contribution in [0, 0.1) is 23.7 Å². The van der Waals surface area contributed by atoms with E-state index in [4.69, 9.17) is 34.2 Å². The number of esters is 2. The molecule has 13 heteroatoms. The number of carbonyl (C=O) groups is 3. The van der Waals surface area contributed by atoms with E-state index in [9.17, 15) is 24.6 Å². The van der Waals surface area contributed by atoms with E-state index in [1.165, 1.54) is 14.0 Å². The van der Waals surface area contributed by atoms with Gasteiger partial charge < -0.3 is 49.4 Å². The van der Waals surface area contributed by atoms with Crippen LogP contribution in [0.15, 0.2) is 42.1 Å². The molecule has 262 valence electrons. The number of aliphatic hydroxyl groups is 2. The number of aliphatic hydroxyl groups excluding tert-OH is 2. The van der Waals surface area contributed by atoms with Crippen LogP contribution in [0.3, 0.4) is 0 Å². The Kier molecular flexibility index (Phi) is 11.6. The van der Waals surface area contributed by atoms with Gasteiger partial charge in [0.15, 0.2) is 6.10 Å². The molecule has 13 nitrogen and oxygen atoms in total. The van der Waals surface area contributed by atoms with Gasteiger partial charge in [0.25, 0.3) is 0 Å². The zero-order valence-corrected chi connectivity index (χ0v) is 28.2. The van der Waals surface area contributed by atoms with Crippen LogP contribution in [0.1, 0.15) is 64.9 Å². The summed E-state index contributed by atoms with van der Waals surface area (Å²) in [5.41, 5.74) is 5.00. The number of carbonyl (C=O) groups excluding carboxylic acids is 3. The Morgan fingerprint density at radius 1 is 1.21 bits per heavy atom. The largest absolute Gasteiger partial charge is 0.508 e. The second-order valence-corrected chi connectivity index (χ2v) is 13.6. The maximum Gasteiger partial charge on any atom is 0.508 e. The quantitative estimate of drug-likeness (QED) is 0.154. The zero-order valence-electron chi connectivity index (χ0n) is 28.2. The van der Waals surface area contributed by atoms with Crippen molar-refractivity contribution in [3.63, 3.8) is 0 Å². The van der Waals surface area contributed by atoms with Crippen LogP contribution in [-0.4, -0.2) is 101 Å². The predicted molar refractivity (Wildman–Crippen MR) is 169 cm³/mol. The number of aromatic nitrogens is 1. The summed E-state index contributed by atoms with van der Waals surface area (Å²) < 4.78 is 35.2. The van der Waals surface area contributed by atoms with Crippen LogP contribution in [0.5, 0.6) is 0 Å². The minimum atomic E-state index is -1.14. The Morgan fingerprint density at radius 2 is 1.94 bits per heavy atom. The molecular weight excluding hydrogens is 612 g/mol. The van der Waals surface area contributed by atoms with E-state index in [0.717, 1.165) is 5.57 Å². The maximum absolute atomic E-state index is 13.5. The van der Waals surface area contributed by atoms with Gasteiger partial charge in [-0.15, -0.1) is 0 Å². The standard InChI is InChI=1S/C34H50N2O11/c1-18-13-19(2)34-15-23(29(47-34)28(20(3)21(4)38)46-30(39)25-9-8-12-36-25)10-11-24(34)14-26(42-7)31(40)45-27(18)22(5)44-32(41)43-17-33(6,35)16-37/h8-13,18,20-24,26-29,36-38H,14-17,35H2,1-7H3/b19-13+/t18-,20-,21+,22-,23-,24-,26+,27+,28-,29-,33?,34+/m1/s1. The SMILES string of the molecule is CO[C@H]1C[C@H]2C=C[C@@H]3C[C@]2(O[C@H]3[C@H](OC(=O)c2ccc[nH]2)[C@H](C)[C@H](C)O)/C(C)=C/[C@@H](C)[C@@H]([C@@H](C)OC(=O)OCC(C)(N)CO)OC1=O. The third kappa shape index (κ3) is 8.09. The number of fused-ring (bicyclic) bond motifs is 1. The van der Waals surface area contributed by atoms with Gasteiger partial charge in [0.1, 0.15) is 36.7 Å². The molecule has 3 heterocycles. The highest BCUT2D eigenvalue weighted by Crippen LogP contribution is 2.53. The lowest BCUT2D eigenvalue weighted by Crippen LogP contribution is -2.48. The van der Waals surface area contributed by atoms with E-state index < -0.39 is 84.3 Å². The fourth-order valence-electron chi connectivity index (χ4n) is 6.72.